The molecule has 0 amide bonds. The second kappa shape index (κ2) is 16.3. The van der Waals surface area contributed by atoms with Crippen molar-refractivity contribution in [1.29, 1.82) is 0 Å². The van der Waals surface area contributed by atoms with Crippen molar-refractivity contribution in [3.63, 3.8) is 0 Å². The highest BCUT2D eigenvalue weighted by molar-refractivity contribution is 6.87. The first-order valence-corrected chi connectivity index (χ1v) is 21.0. The molecule has 33 heavy (non-hydrogen) atoms. The molecule has 0 aromatic carbocycles. The summed E-state index contributed by atoms with van der Waals surface area (Å²) < 4.78 is 40.4. The lowest BCUT2D eigenvalue weighted by molar-refractivity contribution is -0.145. The molecule has 0 saturated heterocycles. The van der Waals surface area contributed by atoms with E-state index in [1.54, 1.807) is 14.0 Å². The number of methoxy groups -OCH3 is 1. The monoisotopic (exact) mass is 524 g/mol. The first-order valence-electron chi connectivity index (χ1n) is 11.7. The highest BCUT2D eigenvalue weighted by Crippen LogP contribution is 2.25. The molecule has 11 heteroatoms. The number of rotatable bonds is 20. The molecule has 1 atom stereocenters. The van der Waals surface area contributed by atoms with Crippen molar-refractivity contribution in [2.45, 2.75) is 71.3 Å². The summed E-state index contributed by atoms with van der Waals surface area (Å²) in [5, 5.41) is 0. The van der Waals surface area contributed by atoms with Gasteiger partial charge in [-0.05, 0) is 65.2 Å². The maximum absolute atomic E-state index is 11.7. The Bertz CT molecular complexity index is 545. The summed E-state index contributed by atoms with van der Waals surface area (Å²) in [5.74, 6) is -0.436. The van der Waals surface area contributed by atoms with Crippen molar-refractivity contribution >= 4 is 31.2 Å². The van der Waals surface area contributed by atoms with Gasteiger partial charge in [0, 0.05) is 19.3 Å². The van der Waals surface area contributed by atoms with Gasteiger partial charge < -0.3 is 31.9 Å². The number of carbonyl (C=O) groups excluding carboxylic acids is 1. The summed E-state index contributed by atoms with van der Waals surface area (Å²) in [5.41, 5.74) is 0.353. The van der Waals surface area contributed by atoms with Crippen molar-refractivity contribution in [2.24, 2.45) is 0 Å². The van der Waals surface area contributed by atoms with Gasteiger partial charge in [-0.25, -0.2) is 4.79 Å². The third-order valence-corrected chi connectivity index (χ3v) is 13.6. The van der Waals surface area contributed by atoms with Crippen LogP contribution in [0.15, 0.2) is 12.2 Å². The summed E-state index contributed by atoms with van der Waals surface area (Å²) in [4.78, 5) is 11.7. The third-order valence-electron chi connectivity index (χ3n) is 4.03. The van der Waals surface area contributed by atoms with E-state index in [2.05, 4.69) is 52.4 Å². The molecule has 0 radical (unpaired) electrons. The van der Waals surface area contributed by atoms with E-state index < -0.39 is 31.2 Å². The molecule has 0 heterocycles. The Labute approximate surface area is 204 Å². The van der Waals surface area contributed by atoms with Gasteiger partial charge in [0.1, 0.15) is 12.7 Å². The van der Waals surface area contributed by atoms with Crippen LogP contribution < -0.4 is 0 Å². The highest BCUT2D eigenvalue weighted by atomic mass is 28.5. The summed E-state index contributed by atoms with van der Waals surface area (Å²) in [6, 6.07) is 0.880. The van der Waals surface area contributed by atoms with E-state index in [1.807, 2.05) is 0 Å². The van der Waals surface area contributed by atoms with Gasteiger partial charge in [0.15, 0.2) is 16.6 Å². The topological polar surface area (TPSA) is 81.7 Å². The average molecular weight is 525 g/mol. The maximum atomic E-state index is 11.7. The van der Waals surface area contributed by atoms with Gasteiger partial charge in [0.2, 0.25) is 0 Å². The molecule has 0 spiro atoms. The Morgan fingerprint density at radius 2 is 1.39 bits per heavy atom. The molecule has 0 bridgehead atoms. The van der Waals surface area contributed by atoms with Crippen LogP contribution in [0.2, 0.25) is 51.9 Å². The Hall–Kier alpha value is -0.379. The van der Waals surface area contributed by atoms with E-state index in [9.17, 15) is 4.79 Å². The van der Waals surface area contributed by atoms with Gasteiger partial charge in [-0.2, -0.15) is 0 Å². The zero-order valence-corrected chi connectivity index (χ0v) is 25.4. The van der Waals surface area contributed by atoms with Crippen molar-refractivity contribution in [3.8, 4) is 0 Å². The maximum Gasteiger partial charge on any atom is 0.333 e. The van der Waals surface area contributed by atoms with Crippen LogP contribution in [-0.4, -0.2) is 90.6 Å². The number of esters is 1. The highest BCUT2D eigenvalue weighted by Gasteiger charge is 2.39. The van der Waals surface area contributed by atoms with Crippen LogP contribution in [0.1, 0.15) is 13.3 Å². The van der Waals surface area contributed by atoms with E-state index in [1.165, 1.54) is 0 Å². The quantitative estimate of drug-likeness (QED) is 0.101. The van der Waals surface area contributed by atoms with Gasteiger partial charge in [-0.3, -0.25) is 0 Å². The second-order valence-corrected chi connectivity index (χ2v) is 23.1. The number of ether oxygens (including phenoxy) is 5. The Morgan fingerprint density at radius 3 is 1.91 bits per heavy atom. The van der Waals surface area contributed by atoms with Crippen LogP contribution in [0.5, 0.6) is 0 Å². The number of hydrogen-bond donors (Lipinski definition) is 0. The normalized spacial score (nSPS) is 13.7. The minimum atomic E-state index is -2.27. The molecule has 196 valence electrons. The number of hydrogen-bond acceptors (Lipinski definition) is 8. The lowest BCUT2D eigenvalue weighted by Gasteiger charge is -2.38. The Kier molecular flexibility index (Phi) is 16.1. The zero-order chi connectivity index (χ0) is 25.5. The average Bonchev–Trinajstić information content (AvgIpc) is 2.64. The molecular formula is C22H48O8Si3. The van der Waals surface area contributed by atoms with E-state index in [0.717, 1.165) is 12.5 Å². The van der Waals surface area contributed by atoms with Crippen LogP contribution in [-0.2, 0) is 36.7 Å². The molecule has 0 aliphatic heterocycles. The standard InChI is InChI=1S/C22H48O8Si3/c1-20(2)22(23)28-19-21(27-16-15-25-14-13-24-3)18-26-12-11-17-33(10,29-31(4,5)6)30-32(7,8)9/h21H,1,11-19H2,2-10H3. The minimum absolute atomic E-state index is 0.105. The molecule has 0 saturated carbocycles. The van der Waals surface area contributed by atoms with Crippen LogP contribution in [0.3, 0.4) is 0 Å². The summed E-state index contributed by atoms with van der Waals surface area (Å²) in [6.07, 6.45) is 0.468. The van der Waals surface area contributed by atoms with Crippen molar-refractivity contribution in [1.82, 2.24) is 0 Å². The van der Waals surface area contributed by atoms with E-state index in [4.69, 9.17) is 31.9 Å². The minimum Gasteiger partial charge on any atom is -0.459 e. The molecule has 0 N–H and O–H groups in total. The molecule has 0 aliphatic carbocycles. The summed E-state index contributed by atoms with van der Waals surface area (Å²) in [7, 11) is -4.07. The first-order chi connectivity index (χ1) is 15.2. The van der Waals surface area contributed by atoms with Crippen LogP contribution in [0.4, 0.5) is 0 Å². The zero-order valence-electron chi connectivity index (χ0n) is 22.4. The predicted octanol–water partition coefficient (Wildman–Crippen LogP) is 4.34. The molecule has 8 nitrogen and oxygen atoms in total. The molecule has 1 unspecified atom stereocenters. The summed E-state index contributed by atoms with van der Waals surface area (Å²) >= 11 is 0. The Morgan fingerprint density at radius 1 is 0.818 bits per heavy atom. The Balaban J connectivity index is 4.60. The van der Waals surface area contributed by atoms with Gasteiger partial charge >= 0.3 is 14.5 Å². The van der Waals surface area contributed by atoms with Crippen molar-refractivity contribution in [3.05, 3.63) is 12.2 Å². The molecule has 0 aliphatic rings. The fourth-order valence-corrected chi connectivity index (χ4v) is 15.6. The van der Waals surface area contributed by atoms with Crippen molar-refractivity contribution < 1.29 is 36.7 Å². The van der Waals surface area contributed by atoms with Crippen molar-refractivity contribution in [2.75, 3.05) is 53.4 Å². The SMILES string of the molecule is C=C(C)C(=O)OCC(COCCC[Si](C)(O[Si](C)(C)C)O[Si](C)(C)C)OCCOCCOC. The third kappa shape index (κ3) is 19.6. The van der Waals surface area contributed by atoms with Crippen LogP contribution in [0, 0.1) is 0 Å². The molecule has 0 aromatic heterocycles. The van der Waals surface area contributed by atoms with Crippen LogP contribution in [0.25, 0.3) is 0 Å². The first kappa shape index (κ1) is 32.6. The molecule has 0 fully saturated rings. The lowest BCUT2D eigenvalue weighted by atomic mass is 10.3. The smallest absolute Gasteiger partial charge is 0.333 e. The van der Waals surface area contributed by atoms with E-state index >= 15 is 0 Å². The second-order valence-electron chi connectivity index (χ2n) is 10.2. The lowest BCUT2D eigenvalue weighted by Crippen LogP contribution is -2.52. The fraction of sp³-hybridized carbons (Fsp3) is 0.864. The van der Waals surface area contributed by atoms with Gasteiger partial charge in [-0.15, -0.1) is 0 Å². The van der Waals surface area contributed by atoms with Gasteiger partial charge in [0.05, 0.1) is 33.0 Å². The number of carbonyl (C=O) groups is 1. The molecule has 0 aromatic rings. The predicted molar refractivity (Wildman–Crippen MR) is 139 cm³/mol. The van der Waals surface area contributed by atoms with Gasteiger partial charge in [-0.1, -0.05) is 6.58 Å². The summed E-state index contributed by atoms with van der Waals surface area (Å²) in [6.45, 7) is 23.5. The largest absolute Gasteiger partial charge is 0.459 e. The fourth-order valence-electron chi connectivity index (χ4n) is 3.08. The van der Waals surface area contributed by atoms with Crippen LogP contribution >= 0.6 is 0 Å². The van der Waals surface area contributed by atoms with E-state index in [-0.39, 0.29) is 12.7 Å². The van der Waals surface area contributed by atoms with E-state index in [0.29, 0.717) is 45.2 Å². The van der Waals surface area contributed by atoms with Gasteiger partial charge in [0.25, 0.3) is 0 Å². The molecule has 0 rings (SSSR count). The molecular weight excluding hydrogens is 476 g/mol.